The number of nitrogens with zero attached hydrogens (tertiary/aromatic N) is 4. The third-order valence-corrected chi connectivity index (χ3v) is 4.51. The summed E-state index contributed by atoms with van der Waals surface area (Å²) in [5, 5.41) is 14.9. The van der Waals surface area contributed by atoms with Crippen LogP contribution < -0.4 is 51.4 Å². The maximum absolute atomic E-state index is 13.7. The van der Waals surface area contributed by atoms with Crippen molar-refractivity contribution in [3.8, 4) is 0 Å². The van der Waals surface area contributed by atoms with Crippen LogP contribution in [-0.4, -0.2) is 46.0 Å². The molecule has 35 heavy (non-hydrogen) atoms. The summed E-state index contributed by atoms with van der Waals surface area (Å²) in [6.07, 6.45) is -3.04. The molecule has 0 atom stereocenters. The molecule has 2 aromatic carbocycles. The fourth-order valence-electron chi connectivity index (χ4n) is 2.90. The van der Waals surface area contributed by atoms with Gasteiger partial charge in [0.1, 0.15) is 20.8 Å². The summed E-state index contributed by atoms with van der Waals surface area (Å²) in [5.41, 5.74) is 2.32. The second-order valence-electron chi connectivity index (χ2n) is 7.07. The summed E-state index contributed by atoms with van der Waals surface area (Å²) in [6, 6.07) is 9.48. The quantitative estimate of drug-likeness (QED) is 0.306. The minimum absolute atomic E-state index is 0. The smallest absolute Gasteiger partial charge is 0.668 e. The van der Waals surface area contributed by atoms with Crippen LogP contribution in [0.5, 0.6) is 0 Å². The Labute approximate surface area is 247 Å². The van der Waals surface area contributed by atoms with Crippen molar-refractivity contribution in [3.05, 3.63) is 75.1 Å². The van der Waals surface area contributed by atoms with E-state index in [1.54, 1.807) is 21.0 Å². The van der Waals surface area contributed by atoms with Gasteiger partial charge in [-0.1, -0.05) is 45.8 Å². The van der Waals surface area contributed by atoms with Crippen LogP contribution in [-0.2, 0) is 27.3 Å². The van der Waals surface area contributed by atoms with Crippen molar-refractivity contribution in [1.82, 2.24) is 0 Å². The predicted octanol–water partition coefficient (Wildman–Crippen LogP) is 2.93. The molecule has 0 fully saturated rings. The molecule has 0 aliphatic rings. The number of benzene rings is 2. The molecule has 186 valence electrons. The molecule has 2 rings (SSSR count). The molecule has 7 nitrogen and oxygen atoms in total. The van der Waals surface area contributed by atoms with Crippen molar-refractivity contribution >= 4 is 17.6 Å². The third-order valence-electron chi connectivity index (χ3n) is 4.51. The van der Waals surface area contributed by atoms with E-state index in [0.29, 0.717) is 11.3 Å². The number of hydrogen-bond donors (Lipinski definition) is 0. The van der Waals surface area contributed by atoms with Gasteiger partial charge in [-0.25, -0.2) is 0 Å². The standard InChI is InChI=1S/C22H24F3N3O3.C2H6N.K/c1-14-7-6-8-18(12-26-29-4)20(14)13-31-28-16(3)19-10-9-17(15(2)27-30-5)11-21(19)22(23,24)25;1-3-2;/h6-12H,13H2,1-5H3;1-2H3;/q;-1;+1/b26-12-,27-15-,28-16+;;. The van der Waals surface area contributed by atoms with Gasteiger partial charge in [0.2, 0.25) is 0 Å². The molecule has 0 amide bonds. The van der Waals surface area contributed by atoms with Crippen LogP contribution in [0.15, 0.2) is 51.9 Å². The van der Waals surface area contributed by atoms with Gasteiger partial charge in [-0.15, -0.1) is 0 Å². The van der Waals surface area contributed by atoms with Gasteiger partial charge in [0, 0.05) is 16.7 Å². The molecule has 0 heterocycles. The van der Waals surface area contributed by atoms with E-state index in [0.717, 1.165) is 22.8 Å². The van der Waals surface area contributed by atoms with Crippen molar-refractivity contribution in [2.75, 3.05) is 28.3 Å². The summed E-state index contributed by atoms with van der Waals surface area (Å²) >= 11 is 0. The molecule has 11 heteroatoms. The zero-order chi connectivity index (χ0) is 25.7. The molecular weight excluding hydrogens is 488 g/mol. The third kappa shape index (κ3) is 10.8. The summed E-state index contributed by atoms with van der Waals surface area (Å²) in [6.45, 7) is 4.98. The number of hydrogen-bond acceptors (Lipinski definition) is 6. The summed E-state index contributed by atoms with van der Waals surface area (Å²) in [4.78, 5) is 14.7. The summed E-state index contributed by atoms with van der Waals surface area (Å²) in [5.74, 6) is 0. The Morgan fingerprint density at radius 2 is 1.66 bits per heavy atom. The van der Waals surface area contributed by atoms with E-state index < -0.39 is 11.7 Å². The molecule has 0 aromatic heterocycles. The fraction of sp³-hybridized carbons (Fsp3) is 0.375. The van der Waals surface area contributed by atoms with Crippen LogP contribution in [0.4, 0.5) is 13.2 Å². The van der Waals surface area contributed by atoms with Gasteiger partial charge in [0.15, 0.2) is 0 Å². The van der Waals surface area contributed by atoms with Crippen LogP contribution in [0.1, 0.15) is 47.2 Å². The average molecular weight is 519 g/mol. The Hall–Kier alpha value is -1.76. The Bertz CT molecular complexity index is 1030. The first-order valence-electron chi connectivity index (χ1n) is 10.2. The second-order valence-corrected chi connectivity index (χ2v) is 7.07. The molecule has 0 aliphatic carbocycles. The van der Waals surface area contributed by atoms with Gasteiger partial charge < -0.3 is 19.8 Å². The Morgan fingerprint density at radius 3 is 2.23 bits per heavy atom. The Morgan fingerprint density at radius 1 is 1.00 bits per heavy atom. The van der Waals surface area contributed by atoms with Crippen LogP contribution in [0.3, 0.4) is 0 Å². The molecule has 0 saturated carbocycles. The largest absolute Gasteiger partial charge is 1.00 e. The minimum Gasteiger partial charge on any atom is -0.668 e. The van der Waals surface area contributed by atoms with E-state index in [1.807, 2.05) is 25.1 Å². The maximum atomic E-state index is 13.7. The van der Waals surface area contributed by atoms with Crippen LogP contribution in [0, 0.1) is 6.92 Å². The molecule has 0 aliphatic heterocycles. The van der Waals surface area contributed by atoms with Gasteiger partial charge in [-0.05, 0) is 38.0 Å². The molecule has 0 unspecified atom stereocenters. The predicted molar refractivity (Wildman–Crippen MR) is 129 cm³/mol. The van der Waals surface area contributed by atoms with Crippen LogP contribution in [0.2, 0.25) is 0 Å². The number of alkyl halides is 3. The minimum atomic E-state index is -4.57. The van der Waals surface area contributed by atoms with E-state index in [-0.39, 0.29) is 69.3 Å². The van der Waals surface area contributed by atoms with Crippen molar-refractivity contribution < 1.29 is 79.1 Å². The zero-order valence-corrected chi connectivity index (χ0v) is 24.5. The first-order valence-corrected chi connectivity index (χ1v) is 10.2. The molecule has 0 spiro atoms. The van der Waals surface area contributed by atoms with E-state index >= 15 is 0 Å². The normalized spacial score (nSPS) is 11.9. The number of oxime groups is 3. The van der Waals surface area contributed by atoms with Crippen LogP contribution >= 0.6 is 0 Å². The molecule has 0 saturated heterocycles. The average Bonchev–Trinajstić information content (AvgIpc) is 2.78. The van der Waals surface area contributed by atoms with E-state index in [4.69, 9.17) is 9.68 Å². The van der Waals surface area contributed by atoms with Gasteiger partial charge >= 0.3 is 57.6 Å². The van der Waals surface area contributed by atoms with Crippen molar-refractivity contribution in [3.63, 3.8) is 0 Å². The number of aryl methyl sites for hydroxylation is 1. The van der Waals surface area contributed by atoms with Gasteiger partial charge in [-0.3, -0.25) is 0 Å². The maximum Gasteiger partial charge on any atom is 1.00 e. The van der Waals surface area contributed by atoms with Crippen molar-refractivity contribution in [1.29, 1.82) is 0 Å². The SMILES string of the molecule is CO/N=C\c1cccc(C)c1CO/N=C(\C)c1ccc(/C(C)=N\OC)cc1C(F)(F)F.C[N-]C.[K+]. The summed E-state index contributed by atoms with van der Waals surface area (Å²) < 4.78 is 41.0. The summed E-state index contributed by atoms with van der Waals surface area (Å²) in [7, 11) is 6.26. The zero-order valence-electron chi connectivity index (χ0n) is 21.4. The Kier molecular flexibility index (Phi) is 16.0. The molecule has 0 N–H and O–H groups in total. The fourth-order valence-corrected chi connectivity index (χ4v) is 2.90. The van der Waals surface area contributed by atoms with Gasteiger partial charge in [0.05, 0.1) is 23.2 Å². The second kappa shape index (κ2) is 16.8. The number of halogens is 3. The first-order chi connectivity index (χ1) is 16.1. The van der Waals surface area contributed by atoms with Gasteiger partial charge in [-0.2, -0.15) is 27.3 Å². The van der Waals surface area contributed by atoms with E-state index in [9.17, 15) is 13.2 Å². The van der Waals surface area contributed by atoms with Gasteiger partial charge in [0.25, 0.3) is 0 Å². The molecular formula is C24H30F3KN4O3. The Balaban J connectivity index is 0.00000274. The molecule has 0 bridgehead atoms. The topological polar surface area (TPSA) is 78.9 Å². The molecule has 2 aromatic rings. The van der Waals surface area contributed by atoms with E-state index in [1.165, 1.54) is 39.5 Å². The number of rotatable bonds is 8. The monoisotopic (exact) mass is 518 g/mol. The molecule has 0 radical (unpaired) electrons. The van der Waals surface area contributed by atoms with Crippen molar-refractivity contribution in [2.24, 2.45) is 15.5 Å². The first kappa shape index (κ1) is 33.2. The van der Waals surface area contributed by atoms with Crippen LogP contribution in [0.25, 0.3) is 5.32 Å². The van der Waals surface area contributed by atoms with Crippen molar-refractivity contribution in [2.45, 2.75) is 33.6 Å². The van der Waals surface area contributed by atoms with E-state index in [2.05, 4.69) is 25.6 Å².